The molecule has 1 aromatic rings. The van der Waals surface area contributed by atoms with Crippen LogP contribution in [-0.4, -0.2) is 47.5 Å². The molecule has 134 valence electrons. The van der Waals surface area contributed by atoms with E-state index in [2.05, 4.69) is 10.3 Å². The molecule has 1 N–H and O–H groups in total. The number of piperidine rings is 1. The topological polar surface area (TPSA) is 84.3 Å². The monoisotopic (exact) mass is 354 g/mol. The third-order valence-electron chi connectivity index (χ3n) is 5.06. The highest BCUT2D eigenvalue weighted by molar-refractivity contribution is 7.88. The second kappa shape index (κ2) is 6.84. The Balaban J connectivity index is 1.53. The van der Waals surface area contributed by atoms with Crippen LogP contribution < -0.4 is 5.32 Å². The van der Waals surface area contributed by atoms with Crippen LogP contribution in [0.5, 0.6) is 0 Å². The molecule has 1 amide bonds. The van der Waals surface area contributed by atoms with E-state index in [1.165, 1.54) is 10.6 Å². The molecule has 0 spiro atoms. The van der Waals surface area contributed by atoms with E-state index in [4.69, 9.17) is 0 Å². The van der Waals surface area contributed by atoms with Crippen molar-refractivity contribution in [3.05, 3.63) is 18.2 Å². The fraction of sp³-hybridized carbons (Fsp3) is 0.750. The summed E-state index contributed by atoms with van der Waals surface area (Å²) in [6, 6.07) is -0.00592. The van der Waals surface area contributed by atoms with E-state index in [1.54, 1.807) is 6.20 Å². The molecule has 3 rings (SSSR count). The average molecular weight is 354 g/mol. The van der Waals surface area contributed by atoms with Crippen molar-refractivity contribution in [2.75, 3.05) is 19.3 Å². The molecule has 0 aromatic carbocycles. The van der Waals surface area contributed by atoms with Crippen LogP contribution in [0.3, 0.4) is 0 Å². The number of nitrogens with one attached hydrogen (secondary N) is 1. The van der Waals surface area contributed by atoms with Gasteiger partial charge in [0.2, 0.25) is 15.9 Å². The van der Waals surface area contributed by atoms with Gasteiger partial charge < -0.3 is 9.88 Å². The maximum absolute atomic E-state index is 12.5. The van der Waals surface area contributed by atoms with Crippen LogP contribution >= 0.6 is 0 Å². The van der Waals surface area contributed by atoms with Gasteiger partial charge in [0.05, 0.1) is 12.3 Å². The zero-order valence-electron chi connectivity index (χ0n) is 14.3. The van der Waals surface area contributed by atoms with Gasteiger partial charge in [-0.1, -0.05) is 0 Å². The van der Waals surface area contributed by atoms with Gasteiger partial charge >= 0.3 is 0 Å². The van der Waals surface area contributed by atoms with Gasteiger partial charge in [-0.2, -0.15) is 0 Å². The van der Waals surface area contributed by atoms with Crippen molar-refractivity contribution in [2.45, 2.75) is 38.1 Å². The van der Waals surface area contributed by atoms with E-state index < -0.39 is 10.0 Å². The normalized spacial score (nSPS) is 21.6. The molecule has 7 nitrogen and oxygen atoms in total. The molecule has 2 aliphatic rings. The molecule has 0 bridgehead atoms. The van der Waals surface area contributed by atoms with Gasteiger partial charge in [-0.05, 0) is 37.5 Å². The van der Waals surface area contributed by atoms with Gasteiger partial charge in [0, 0.05) is 39.0 Å². The lowest BCUT2D eigenvalue weighted by molar-refractivity contribution is -0.123. The molecule has 1 saturated carbocycles. The Morgan fingerprint density at radius 2 is 2.00 bits per heavy atom. The molecule has 1 aromatic heterocycles. The predicted octanol–water partition coefficient (Wildman–Crippen LogP) is 1.05. The molecule has 24 heavy (non-hydrogen) atoms. The van der Waals surface area contributed by atoms with Crippen LogP contribution in [0.1, 0.15) is 44.0 Å². The highest BCUT2D eigenvalue weighted by Crippen LogP contribution is 2.40. The maximum atomic E-state index is 12.5. The highest BCUT2D eigenvalue weighted by atomic mass is 32.2. The molecule has 1 unspecified atom stereocenters. The summed E-state index contributed by atoms with van der Waals surface area (Å²) in [5.41, 5.74) is 0. The van der Waals surface area contributed by atoms with E-state index in [1.807, 2.05) is 17.8 Å². The van der Waals surface area contributed by atoms with Crippen LogP contribution in [-0.2, 0) is 21.9 Å². The minimum absolute atomic E-state index is 0.00592. The van der Waals surface area contributed by atoms with Crippen LogP contribution in [0.25, 0.3) is 0 Å². The number of amides is 1. The summed E-state index contributed by atoms with van der Waals surface area (Å²) in [6.45, 7) is 1.03. The average Bonchev–Trinajstić information content (AvgIpc) is 3.26. The number of sulfonamides is 1. The van der Waals surface area contributed by atoms with Crippen LogP contribution in [0, 0.1) is 11.8 Å². The Hall–Kier alpha value is -1.41. The van der Waals surface area contributed by atoms with Gasteiger partial charge in [-0.3, -0.25) is 4.79 Å². The number of hydrogen-bond acceptors (Lipinski definition) is 4. The lowest BCUT2D eigenvalue weighted by atomic mass is 9.94. The van der Waals surface area contributed by atoms with Crippen molar-refractivity contribution >= 4 is 15.9 Å². The predicted molar refractivity (Wildman–Crippen MR) is 90.6 cm³/mol. The van der Waals surface area contributed by atoms with Crippen molar-refractivity contribution in [1.29, 1.82) is 0 Å². The van der Waals surface area contributed by atoms with Gasteiger partial charge in [0.1, 0.15) is 5.82 Å². The van der Waals surface area contributed by atoms with E-state index in [-0.39, 0.29) is 17.9 Å². The van der Waals surface area contributed by atoms with E-state index in [9.17, 15) is 13.2 Å². The Morgan fingerprint density at radius 1 is 1.33 bits per heavy atom. The first kappa shape index (κ1) is 17.4. The molecule has 1 atom stereocenters. The first-order valence-electron chi connectivity index (χ1n) is 8.56. The molecule has 8 heteroatoms. The van der Waals surface area contributed by atoms with E-state index in [0.717, 1.165) is 31.5 Å². The zero-order chi connectivity index (χ0) is 17.3. The number of rotatable bonds is 6. The molecule has 2 fully saturated rings. The molecule has 1 aliphatic carbocycles. The number of carbonyl (C=O) groups excluding carboxylic acids is 1. The molecule has 0 radical (unpaired) electrons. The first-order chi connectivity index (χ1) is 11.3. The highest BCUT2D eigenvalue weighted by Gasteiger charge is 2.36. The summed E-state index contributed by atoms with van der Waals surface area (Å²) in [5, 5.41) is 3.16. The SMILES string of the molecule is Cn1ccnc1C(NC(=O)CC1CCN(S(C)(=O)=O)CC1)C1CC1. The summed E-state index contributed by atoms with van der Waals surface area (Å²) >= 11 is 0. The smallest absolute Gasteiger partial charge is 0.220 e. The van der Waals surface area contributed by atoms with E-state index >= 15 is 0 Å². The molecule has 2 heterocycles. The molecular formula is C16H26N4O3S. The quantitative estimate of drug-likeness (QED) is 0.827. The minimum atomic E-state index is -3.11. The number of aromatic nitrogens is 2. The summed E-state index contributed by atoms with van der Waals surface area (Å²) in [4.78, 5) is 16.8. The lowest BCUT2D eigenvalue weighted by Gasteiger charge is -2.30. The number of carbonyl (C=O) groups is 1. The number of hydrogen-bond donors (Lipinski definition) is 1. The standard InChI is InChI=1S/C16H26N4O3S/c1-19-10-7-17-16(19)15(13-3-4-13)18-14(21)11-12-5-8-20(9-6-12)24(2,22)23/h7,10,12-13,15H,3-6,8-9,11H2,1-2H3,(H,18,21). The summed E-state index contributed by atoms with van der Waals surface area (Å²) < 4.78 is 26.6. The number of aryl methyl sites for hydroxylation is 1. The maximum Gasteiger partial charge on any atom is 0.220 e. The van der Waals surface area contributed by atoms with Crippen molar-refractivity contribution in [3.63, 3.8) is 0 Å². The fourth-order valence-corrected chi connectivity index (χ4v) is 4.31. The Bertz CT molecular complexity index is 688. The number of nitrogens with zero attached hydrogens (tertiary/aromatic N) is 3. The zero-order valence-corrected chi connectivity index (χ0v) is 15.1. The van der Waals surface area contributed by atoms with Crippen LogP contribution in [0.15, 0.2) is 12.4 Å². The van der Waals surface area contributed by atoms with Gasteiger partial charge in [0.25, 0.3) is 0 Å². The summed E-state index contributed by atoms with van der Waals surface area (Å²) in [6.07, 6.45) is 9.12. The first-order valence-corrected chi connectivity index (χ1v) is 10.4. The van der Waals surface area contributed by atoms with Crippen LogP contribution in [0.4, 0.5) is 0 Å². The third-order valence-corrected chi connectivity index (χ3v) is 6.37. The molecule has 1 aliphatic heterocycles. The molecule has 1 saturated heterocycles. The van der Waals surface area contributed by atoms with Crippen molar-refractivity contribution in [2.24, 2.45) is 18.9 Å². The summed E-state index contributed by atoms with van der Waals surface area (Å²) in [5.74, 6) is 1.71. The van der Waals surface area contributed by atoms with Gasteiger partial charge in [-0.15, -0.1) is 0 Å². The van der Waals surface area contributed by atoms with E-state index in [0.29, 0.717) is 25.4 Å². The Morgan fingerprint density at radius 3 is 2.50 bits per heavy atom. The second-order valence-corrected chi connectivity index (χ2v) is 9.07. The van der Waals surface area contributed by atoms with Gasteiger partial charge in [-0.25, -0.2) is 17.7 Å². The summed E-state index contributed by atoms with van der Waals surface area (Å²) in [7, 11) is -1.16. The van der Waals surface area contributed by atoms with Crippen molar-refractivity contribution in [1.82, 2.24) is 19.2 Å². The van der Waals surface area contributed by atoms with Gasteiger partial charge in [0.15, 0.2) is 0 Å². The van der Waals surface area contributed by atoms with Crippen LogP contribution in [0.2, 0.25) is 0 Å². The van der Waals surface area contributed by atoms with Crippen molar-refractivity contribution < 1.29 is 13.2 Å². The largest absolute Gasteiger partial charge is 0.346 e. The van der Waals surface area contributed by atoms with Crippen molar-refractivity contribution in [3.8, 4) is 0 Å². The fourth-order valence-electron chi connectivity index (χ4n) is 3.44. The number of imidazole rings is 1. The Kier molecular flexibility index (Phi) is 4.96. The Labute approximate surface area is 143 Å². The minimum Gasteiger partial charge on any atom is -0.346 e. The lowest BCUT2D eigenvalue weighted by Crippen LogP contribution is -2.39. The molecular weight excluding hydrogens is 328 g/mol. The second-order valence-electron chi connectivity index (χ2n) is 7.09. The third kappa shape index (κ3) is 4.16.